The Bertz CT molecular complexity index is 766. The lowest BCUT2D eigenvalue weighted by Gasteiger charge is -2.26. The molecule has 1 aromatic heterocycles. The highest BCUT2D eigenvalue weighted by Crippen LogP contribution is 2.37. The Morgan fingerprint density at radius 1 is 1.33 bits per heavy atom. The Morgan fingerprint density at radius 3 is 2.71 bits per heavy atom. The summed E-state index contributed by atoms with van der Waals surface area (Å²) < 4.78 is 1.98. The number of aryl methyl sites for hydroxylation is 1. The van der Waals surface area contributed by atoms with E-state index in [2.05, 4.69) is 4.98 Å². The van der Waals surface area contributed by atoms with Crippen molar-refractivity contribution in [1.29, 1.82) is 0 Å². The van der Waals surface area contributed by atoms with Gasteiger partial charge in [0.15, 0.2) is 11.5 Å². The molecule has 3 rings (SSSR count). The lowest BCUT2D eigenvalue weighted by molar-refractivity contribution is -0.695. The number of hydrogen-bond donors (Lipinski definition) is 2. The lowest BCUT2D eigenvalue weighted by atomic mass is 9.97. The van der Waals surface area contributed by atoms with Gasteiger partial charge in [0.25, 0.3) is 5.91 Å². The zero-order valence-electron chi connectivity index (χ0n) is 13.5. The molecule has 0 radical (unpaired) electrons. The molecular formula is C18H20N3O3+. The number of benzene rings is 1. The van der Waals surface area contributed by atoms with E-state index in [4.69, 9.17) is 0 Å². The summed E-state index contributed by atoms with van der Waals surface area (Å²) in [6.45, 7) is 2.58. The second-order valence-corrected chi connectivity index (χ2v) is 5.83. The molecule has 1 atom stereocenters. The Kier molecular flexibility index (Phi) is 4.46. The van der Waals surface area contributed by atoms with Crippen molar-refractivity contribution in [2.45, 2.75) is 25.9 Å². The minimum atomic E-state index is -0.521. The van der Waals surface area contributed by atoms with Gasteiger partial charge in [0.1, 0.15) is 12.4 Å². The van der Waals surface area contributed by atoms with E-state index in [0.29, 0.717) is 6.54 Å². The van der Waals surface area contributed by atoms with Crippen LogP contribution in [0.15, 0.2) is 60.4 Å². The van der Waals surface area contributed by atoms with Crippen molar-refractivity contribution in [2.75, 3.05) is 6.54 Å². The Hall–Kier alpha value is -2.89. The number of carbonyl (C=O) groups excluding carboxylic acids is 2. The Labute approximate surface area is 140 Å². The molecule has 0 saturated carbocycles. The maximum atomic E-state index is 12.4. The molecule has 2 heterocycles. The number of carbonyl (C=O) groups is 2. The number of aliphatic hydroxyl groups is 1. The number of ketones is 1. The van der Waals surface area contributed by atoms with Gasteiger partial charge in [0.2, 0.25) is 6.33 Å². The molecule has 0 spiro atoms. The quantitative estimate of drug-likeness (QED) is 0.793. The standard InChI is InChI=1S/C18H19N3O3/c1-13(22)15-16(14-6-3-2-4-7-14)21(18(24)17(15)23)10-5-9-20-11-8-19-12-20/h2-4,6-8,11-12,16H,5,9-10H2,1H3,(H,22,23)/p+1. The predicted octanol–water partition coefficient (Wildman–Crippen LogP) is 1.68. The molecule has 24 heavy (non-hydrogen) atoms. The average Bonchev–Trinajstić information content (AvgIpc) is 3.17. The molecule has 2 aromatic rings. The number of imidazole rings is 1. The smallest absolute Gasteiger partial charge is 0.290 e. The van der Waals surface area contributed by atoms with Crippen LogP contribution in [0.5, 0.6) is 0 Å². The number of hydrogen-bond acceptors (Lipinski definition) is 3. The number of aromatic amines is 1. The number of Topliss-reactive ketones (excluding diaryl/α,β-unsaturated/α-hetero) is 1. The van der Waals surface area contributed by atoms with E-state index in [-0.39, 0.29) is 11.4 Å². The van der Waals surface area contributed by atoms with Crippen molar-refractivity contribution >= 4 is 11.7 Å². The fraction of sp³-hybridized carbons (Fsp3) is 0.278. The number of nitrogens with zero attached hydrogens (tertiary/aromatic N) is 2. The summed E-state index contributed by atoms with van der Waals surface area (Å²) in [5.74, 6) is -1.18. The van der Waals surface area contributed by atoms with Gasteiger partial charge in [0, 0.05) is 13.0 Å². The summed E-state index contributed by atoms with van der Waals surface area (Å²) in [6.07, 6.45) is 6.31. The number of H-pyrrole nitrogens is 1. The van der Waals surface area contributed by atoms with Gasteiger partial charge in [0.05, 0.1) is 18.2 Å². The van der Waals surface area contributed by atoms with Crippen molar-refractivity contribution in [2.24, 2.45) is 0 Å². The van der Waals surface area contributed by atoms with Crippen LogP contribution < -0.4 is 4.57 Å². The molecule has 1 aliphatic rings. The van der Waals surface area contributed by atoms with Gasteiger partial charge in [-0.2, -0.15) is 0 Å². The average molecular weight is 326 g/mol. The van der Waals surface area contributed by atoms with Crippen LogP contribution in [0, 0.1) is 0 Å². The second-order valence-electron chi connectivity index (χ2n) is 5.83. The van der Waals surface area contributed by atoms with Gasteiger partial charge in [-0.15, -0.1) is 0 Å². The topological polar surface area (TPSA) is 77.3 Å². The van der Waals surface area contributed by atoms with E-state index >= 15 is 0 Å². The van der Waals surface area contributed by atoms with Gasteiger partial charge in [-0.25, -0.2) is 4.57 Å². The highest BCUT2D eigenvalue weighted by atomic mass is 16.3. The van der Waals surface area contributed by atoms with E-state index in [0.717, 1.165) is 18.5 Å². The van der Waals surface area contributed by atoms with Crippen molar-refractivity contribution in [3.05, 3.63) is 65.9 Å². The van der Waals surface area contributed by atoms with E-state index < -0.39 is 17.7 Å². The molecule has 6 heteroatoms. The second kappa shape index (κ2) is 6.70. The maximum absolute atomic E-state index is 12.4. The van der Waals surface area contributed by atoms with Crippen LogP contribution in [0.25, 0.3) is 0 Å². The molecule has 1 aliphatic heterocycles. The van der Waals surface area contributed by atoms with Gasteiger partial charge in [-0.05, 0) is 12.5 Å². The molecule has 1 amide bonds. The van der Waals surface area contributed by atoms with Crippen LogP contribution in [-0.2, 0) is 16.1 Å². The first-order chi connectivity index (χ1) is 11.6. The van der Waals surface area contributed by atoms with Gasteiger partial charge in [-0.3, -0.25) is 14.6 Å². The number of amides is 1. The van der Waals surface area contributed by atoms with E-state index in [9.17, 15) is 14.7 Å². The molecule has 6 nitrogen and oxygen atoms in total. The van der Waals surface area contributed by atoms with Crippen LogP contribution >= 0.6 is 0 Å². The molecule has 1 unspecified atom stereocenters. The fourth-order valence-electron chi connectivity index (χ4n) is 3.11. The van der Waals surface area contributed by atoms with Crippen molar-refractivity contribution in [3.63, 3.8) is 0 Å². The zero-order valence-corrected chi connectivity index (χ0v) is 13.5. The summed E-state index contributed by atoms with van der Waals surface area (Å²) in [5, 5.41) is 10.2. The summed E-state index contributed by atoms with van der Waals surface area (Å²) in [4.78, 5) is 29.0. The van der Waals surface area contributed by atoms with Crippen molar-refractivity contribution < 1.29 is 19.3 Å². The Morgan fingerprint density at radius 2 is 2.08 bits per heavy atom. The number of rotatable bonds is 6. The molecule has 0 bridgehead atoms. The number of nitrogens with one attached hydrogen (secondary N) is 1. The summed E-state index contributed by atoms with van der Waals surface area (Å²) >= 11 is 0. The van der Waals surface area contributed by atoms with Crippen LogP contribution in [0.2, 0.25) is 0 Å². The normalized spacial score (nSPS) is 17.6. The minimum absolute atomic E-state index is 0.181. The molecule has 0 aliphatic carbocycles. The summed E-state index contributed by atoms with van der Waals surface area (Å²) in [6, 6.07) is 8.82. The highest BCUT2D eigenvalue weighted by Gasteiger charge is 2.41. The van der Waals surface area contributed by atoms with E-state index in [1.807, 2.05) is 53.6 Å². The largest absolute Gasteiger partial charge is 0.503 e. The SMILES string of the molecule is CC(=O)C1=C(O)C(=O)N(CCC[n+]2cc[nH]c2)C1c1ccccc1. The molecule has 0 saturated heterocycles. The van der Waals surface area contributed by atoms with Crippen LogP contribution in [0.1, 0.15) is 24.9 Å². The Balaban J connectivity index is 1.83. The minimum Gasteiger partial charge on any atom is -0.503 e. The third-order valence-electron chi connectivity index (χ3n) is 4.22. The molecule has 0 fully saturated rings. The monoisotopic (exact) mass is 326 g/mol. The first kappa shape index (κ1) is 16.0. The van der Waals surface area contributed by atoms with Crippen molar-refractivity contribution in [3.8, 4) is 0 Å². The van der Waals surface area contributed by atoms with Crippen LogP contribution in [-0.4, -0.2) is 33.2 Å². The lowest BCUT2D eigenvalue weighted by Crippen LogP contribution is -2.36. The van der Waals surface area contributed by atoms with Crippen molar-refractivity contribution in [1.82, 2.24) is 9.88 Å². The zero-order chi connectivity index (χ0) is 17.1. The molecule has 2 N–H and O–H groups in total. The van der Waals surface area contributed by atoms with Gasteiger partial charge in [-0.1, -0.05) is 30.3 Å². The first-order valence-corrected chi connectivity index (χ1v) is 7.91. The predicted molar refractivity (Wildman–Crippen MR) is 86.8 cm³/mol. The first-order valence-electron chi connectivity index (χ1n) is 7.91. The summed E-state index contributed by atoms with van der Waals surface area (Å²) in [5.41, 5.74) is 1.01. The molecule has 1 aromatic carbocycles. The molecule has 124 valence electrons. The van der Waals surface area contributed by atoms with Gasteiger partial charge < -0.3 is 10.0 Å². The van der Waals surface area contributed by atoms with Gasteiger partial charge >= 0.3 is 0 Å². The van der Waals surface area contributed by atoms with Crippen LogP contribution in [0.4, 0.5) is 0 Å². The number of aromatic nitrogens is 2. The fourth-order valence-corrected chi connectivity index (χ4v) is 3.11. The third-order valence-corrected chi connectivity index (χ3v) is 4.22. The maximum Gasteiger partial charge on any atom is 0.290 e. The summed E-state index contributed by atoms with van der Waals surface area (Å²) in [7, 11) is 0. The third kappa shape index (κ3) is 2.95. The van der Waals surface area contributed by atoms with Crippen LogP contribution in [0.3, 0.4) is 0 Å². The molecular weight excluding hydrogens is 306 g/mol. The number of aliphatic hydroxyl groups excluding tert-OH is 1. The van der Waals surface area contributed by atoms with E-state index in [1.165, 1.54) is 6.92 Å². The van der Waals surface area contributed by atoms with E-state index in [1.54, 1.807) is 4.90 Å². The highest BCUT2D eigenvalue weighted by molar-refractivity contribution is 6.08.